The van der Waals surface area contributed by atoms with E-state index in [4.69, 9.17) is 4.74 Å². The third kappa shape index (κ3) is 3.73. The van der Waals surface area contributed by atoms with Gasteiger partial charge in [0.25, 0.3) is 5.91 Å². The molecule has 148 valence electrons. The van der Waals surface area contributed by atoms with Gasteiger partial charge in [-0.25, -0.2) is 4.79 Å². The molecule has 1 aromatic heterocycles. The van der Waals surface area contributed by atoms with Crippen molar-refractivity contribution < 1.29 is 14.3 Å². The van der Waals surface area contributed by atoms with Gasteiger partial charge in [0.05, 0.1) is 25.5 Å². The van der Waals surface area contributed by atoms with Crippen LogP contribution in [0.2, 0.25) is 0 Å². The van der Waals surface area contributed by atoms with Gasteiger partial charge in [-0.15, -0.1) is 0 Å². The number of anilines is 1. The maximum atomic E-state index is 13.0. The highest BCUT2D eigenvalue weighted by molar-refractivity contribution is 5.93. The van der Waals surface area contributed by atoms with E-state index >= 15 is 0 Å². The molecule has 3 heterocycles. The number of carbonyl (C=O) groups excluding carboxylic acids is 2. The van der Waals surface area contributed by atoms with E-state index in [1.165, 1.54) is 0 Å². The Hall–Kier alpha value is -2.87. The Morgan fingerprint density at radius 3 is 2.54 bits per heavy atom. The minimum absolute atomic E-state index is 0.0538. The molecule has 1 aromatic carbocycles. The smallest absolute Gasteiger partial charge is 0.324 e. The van der Waals surface area contributed by atoms with Crippen LogP contribution in [-0.2, 0) is 17.8 Å². The fraction of sp³-hybridized carbons (Fsp3) is 0.450. The summed E-state index contributed by atoms with van der Waals surface area (Å²) >= 11 is 0. The number of aryl methyl sites for hydroxylation is 1. The predicted molar refractivity (Wildman–Crippen MR) is 104 cm³/mol. The van der Waals surface area contributed by atoms with Crippen molar-refractivity contribution in [3.05, 3.63) is 47.8 Å². The molecule has 2 aromatic rings. The fourth-order valence-corrected chi connectivity index (χ4v) is 3.63. The molecule has 0 atom stereocenters. The third-order valence-corrected chi connectivity index (χ3v) is 5.23. The summed E-state index contributed by atoms with van der Waals surface area (Å²) in [5, 5.41) is 4.52. The van der Waals surface area contributed by atoms with Crippen LogP contribution in [0.5, 0.6) is 0 Å². The van der Waals surface area contributed by atoms with E-state index in [2.05, 4.69) is 5.10 Å². The van der Waals surface area contributed by atoms with E-state index in [0.717, 1.165) is 17.8 Å². The Morgan fingerprint density at radius 1 is 1.04 bits per heavy atom. The SMILES string of the molecule is CN(C(=O)N1CCCn2nc(C(=O)N3CCOCC3)cc2C1)c1ccccc1. The summed E-state index contributed by atoms with van der Waals surface area (Å²) in [6, 6.07) is 11.4. The number of para-hydroxylation sites is 1. The summed E-state index contributed by atoms with van der Waals surface area (Å²) < 4.78 is 7.18. The normalized spacial score (nSPS) is 17.0. The van der Waals surface area contributed by atoms with Gasteiger partial charge < -0.3 is 14.5 Å². The lowest BCUT2D eigenvalue weighted by Crippen LogP contribution is -2.41. The van der Waals surface area contributed by atoms with Crippen molar-refractivity contribution in [1.29, 1.82) is 0 Å². The first kappa shape index (κ1) is 18.5. The van der Waals surface area contributed by atoms with Crippen LogP contribution in [-0.4, -0.2) is 71.4 Å². The number of amides is 3. The van der Waals surface area contributed by atoms with E-state index < -0.39 is 0 Å². The Labute approximate surface area is 164 Å². The molecule has 1 fully saturated rings. The van der Waals surface area contributed by atoms with E-state index in [1.807, 2.05) is 46.0 Å². The monoisotopic (exact) mass is 383 g/mol. The van der Waals surface area contributed by atoms with Crippen LogP contribution in [0.4, 0.5) is 10.5 Å². The van der Waals surface area contributed by atoms with Crippen molar-refractivity contribution in [1.82, 2.24) is 19.6 Å². The molecule has 0 saturated carbocycles. The molecule has 0 N–H and O–H groups in total. The van der Waals surface area contributed by atoms with Gasteiger partial charge in [-0.1, -0.05) is 18.2 Å². The van der Waals surface area contributed by atoms with Crippen LogP contribution in [0.25, 0.3) is 0 Å². The maximum Gasteiger partial charge on any atom is 0.324 e. The van der Waals surface area contributed by atoms with Crippen molar-refractivity contribution >= 4 is 17.6 Å². The Bertz CT molecular complexity index is 845. The molecule has 8 heteroatoms. The molecular formula is C20H25N5O3. The average molecular weight is 383 g/mol. The first-order chi connectivity index (χ1) is 13.6. The molecule has 8 nitrogen and oxygen atoms in total. The first-order valence-electron chi connectivity index (χ1n) is 9.65. The molecule has 3 amide bonds. The van der Waals surface area contributed by atoms with E-state index in [-0.39, 0.29) is 11.9 Å². The lowest BCUT2D eigenvalue weighted by Gasteiger charge is -2.27. The molecule has 2 aliphatic heterocycles. The number of hydrogen-bond donors (Lipinski definition) is 0. The van der Waals surface area contributed by atoms with Gasteiger partial charge in [0.15, 0.2) is 5.69 Å². The number of morpholine rings is 1. The molecule has 2 aliphatic rings. The molecule has 28 heavy (non-hydrogen) atoms. The van der Waals surface area contributed by atoms with Crippen LogP contribution < -0.4 is 4.90 Å². The molecule has 0 unspecified atom stereocenters. The van der Waals surface area contributed by atoms with Crippen molar-refractivity contribution in [3.8, 4) is 0 Å². The minimum atomic E-state index is -0.0665. The maximum absolute atomic E-state index is 13.0. The zero-order valence-corrected chi connectivity index (χ0v) is 16.1. The van der Waals surface area contributed by atoms with Gasteiger partial charge in [-0.2, -0.15) is 5.10 Å². The number of nitrogens with zero attached hydrogens (tertiary/aromatic N) is 5. The molecule has 1 saturated heterocycles. The number of carbonyl (C=O) groups is 2. The number of ether oxygens (including phenoxy) is 1. The highest BCUT2D eigenvalue weighted by Crippen LogP contribution is 2.19. The van der Waals surface area contributed by atoms with Crippen LogP contribution in [0.3, 0.4) is 0 Å². The number of benzene rings is 1. The third-order valence-electron chi connectivity index (χ3n) is 5.23. The van der Waals surface area contributed by atoms with Crippen molar-refractivity contribution in [2.24, 2.45) is 0 Å². The van der Waals surface area contributed by atoms with Crippen molar-refractivity contribution in [2.75, 3.05) is 44.8 Å². The minimum Gasteiger partial charge on any atom is -0.378 e. The second kappa shape index (κ2) is 8.02. The summed E-state index contributed by atoms with van der Waals surface area (Å²) in [6.07, 6.45) is 0.800. The average Bonchev–Trinajstić information content (AvgIpc) is 3.04. The number of fused-ring (bicyclic) bond motifs is 1. The lowest BCUT2D eigenvalue weighted by atomic mass is 10.3. The summed E-state index contributed by atoms with van der Waals surface area (Å²) in [7, 11) is 1.78. The second-order valence-electron chi connectivity index (χ2n) is 7.10. The lowest BCUT2D eigenvalue weighted by molar-refractivity contribution is 0.0298. The summed E-state index contributed by atoms with van der Waals surface area (Å²) in [6.45, 7) is 4.11. The van der Waals surface area contributed by atoms with Gasteiger partial charge >= 0.3 is 6.03 Å². The molecule has 4 rings (SSSR count). The standard InChI is InChI=1S/C20H25N5O3/c1-22(16-6-3-2-4-7-16)20(27)24-8-5-9-25-17(15-24)14-18(21-25)19(26)23-10-12-28-13-11-23/h2-4,6-7,14H,5,8-13,15H2,1H3. The first-order valence-corrected chi connectivity index (χ1v) is 9.65. The molecule has 0 bridgehead atoms. The van der Waals surface area contributed by atoms with Crippen molar-refractivity contribution in [3.63, 3.8) is 0 Å². The number of urea groups is 1. The van der Waals surface area contributed by atoms with E-state index in [1.54, 1.807) is 16.8 Å². The fourth-order valence-electron chi connectivity index (χ4n) is 3.63. The largest absolute Gasteiger partial charge is 0.378 e. The van der Waals surface area contributed by atoms with Crippen LogP contribution in [0.15, 0.2) is 36.4 Å². The van der Waals surface area contributed by atoms with Crippen LogP contribution in [0.1, 0.15) is 22.6 Å². The van der Waals surface area contributed by atoms with Gasteiger partial charge in [0, 0.05) is 38.9 Å². The Kier molecular flexibility index (Phi) is 5.29. The summed E-state index contributed by atoms with van der Waals surface area (Å²) in [4.78, 5) is 31.0. The zero-order chi connectivity index (χ0) is 19.5. The van der Waals surface area contributed by atoms with Gasteiger partial charge in [0.1, 0.15) is 0 Å². The molecule has 0 radical (unpaired) electrons. The number of aromatic nitrogens is 2. The van der Waals surface area contributed by atoms with E-state index in [0.29, 0.717) is 51.6 Å². The number of hydrogen-bond acceptors (Lipinski definition) is 4. The molecule has 0 aliphatic carbocycles. The molecular weight excluding hydrogens is 358 g/mol. The highest BCUT2D eigenvalue weighted by atomic mass is 16.5. The van der Waals surface area contributed by atoms with Gasteiger partial charge in [-0.05, 0) is 24.6 Å². The van der Waals surface area contributed by atoms with E-state index in [9.17, 15) is 9.59 Å². The summed E-state index contributed by atoms with van der Waals surface area (Å²) in [5.41, 5.74) is 2.19. The second-order valence-corrected chi connectivity index (χ2v) is 7.10. The Balaban J connectivity index is 1.49. The Morgan fingerprint density at radius 2 is 1.79 bits per heavy atom. The quantitative estimate of drug-likeness (QED) is 0.793. The molecule has 0 spiro atoms. The summed E-state index contributed by atoms with van der Waals surface area (Å²) in [5.74, 6) is -0.0665. The van der Waals surface area contributed by atoms with Crippen LogP contribution in [0, 0.1) is 0 Å². The predicted octanol–water partition coefficient (Wildman–Crippen LogP) is 1.82. The van der Waals surface area contributed by atoms with Gasteiger partial charge in [-0.3, -0.25) is 14.4 Å². The number of rotatable bonds is 2. The highest BCUT2D eigenvalue weighted by Gasteiger charge is 2.27. The van der Waals surface area contributed by atoms with Crippen LogP contribution >= 0.6 is 0 Å². The van der Waals surface area contributed by atoms with Crippen molar-refractivity contribution in [2.45, 2.75) is 19.5 Å². The van der Waals surface area contributed by atoms with Gasteiger partial charge in [0.2, 0.25) is 0 Å². The topological polar surface area (TPSA) is 70.9 Å². The zero-order valence-electron chi connectivity index (χ0n) is 16.1.